The Kier molecular flexibility index (Phi) is 4.07. The number of aryl methyl sites for hydroxylation is 3. The van der Waals surface area contributed by atoms with Gasteiger partial charge >= 0.3 is 0 Å². The fraction of sp³-hybridized carbons (Fsp3) is 0.600. The number of rotatable bonds is 4. The van der Waals surface area contributed by atoms with Gasteiger partial charge in [0.1, 0.15) is 5.76 Å². The highest BCUT2D eigenvalue weighted by Crippen LogP contribution is 2.23. The fourth-order valence-corrected chi connectivity index (χ4v) is 2.56. The molecular formula is C15H22N4O2. The summed E-state index contributed by atoms with van der Waals surface area (Å²) in [6.07, 6.45) is 4.04. The molecule has 1 saturated heterocycles. The van der Waals surface area contributed by atoms with Crippen molar-refractivity contribution in [2.24, 2.45) is 0 Å². The Morgan fingerprint density at radius 3 is 2.90 bits per heavy atom. The van der Waals surface area contributed by atoms with Crippen molar-refractivity contribution in [3.8, 4) is 0 Å². The van der Waals surface area contributed by atoms with Crippen LogP contribution in [-0.4, -0.2) is 39.4 Å². The van der Waals surface area contributed by atoms with Crippen molar-refractivity contribution in [3.05, 3.63) is 35.3 Å². The van der Waals surface area contributed by atoms with E-state index in [1.54, 1.807) is 0 Å². The van der Waals surface area contributed by atoms with Crippen LogP contribution in [0.15, 0.2) is 16.8 Å². The van der Waals surface area contributed by atoms with Gasteiger partial charge in [-0.05, 0) is 20.8 Å². The Bertz CT molecular complexity index is 585. The molecule has 0 saturated carbocycles. The van der Waals surface area contributed by atoms with E-state index in [0.29, 0.717) is 0 Å². The summed E-state index contributed by atoms with van der Waals surface area (Å²) in [6.45, 7) is 10.1. The second-order valence-electron chi connectivity index (χ2n) is 5.47. The summed E-state index contributed by atoms with van der Waals surface area (Å²) >= 11 is 0. The van der Waals surface area contributed by atoms with E-state index >= 15 is 0 Å². The maximum absolute atomic E-state index is 5.87. The van der Waals surface area contributed by atoms with Crippen molar-refractivity contribution in [2.75, 3.05) is 19.7 Å². The third-order valence-electron chi connectivity index (χ3n) is 3.93. The zero-order valence-corrected chi connectivity index (χ0v) is 12.9. The molecule has 1 unspecified atom stereocenters. The predicted molar refractivity (Wildman–Crippen MR) is 77.8 cm³/mol. The molecule has 3 rings (SSSR count). The van der Waals surface area contributed by atoms with Gasteiger partial charge in [0.25, 0.3) is 0 Å². The molecule has 2 aromatic heterocycles. The topological polar surface area (TPSA) is 56.3 Å². The molecule has 0 amide bonds. The van der Waals surface area contributed by atoms with Crippen LogP contribution < -0.4 is 0 Å². The number of oxazole rings is 1. The number of ether oxygens (including phenoxy) is 1. The molecule has 1 fully saturated rings. The molecule has 1 aliphatic rings. The molecule has 0 spiro atoms. The lowest BCUT2D eigenvalue weighted by Gasteiger charge is -2.31. The van der Waals surface area contributed by atoms with Crippen molar-refractivity contribution in [2.45, 2.75) is 40.0 Å². The molecule has 2 aromatic rings. The summed E-state index contributed by atoms with van der Waals surface area (Å²) in [5, 5.41) is 4.32. The Morgan fingerprint density at radius 1 is 1.38 bits per heavy atom. The number of hydrogen-bond acceptors (Lipinski definition) is 5. The molecule has 1 atom stereocenters. The molecule has 0 radical (unpaired) electrons. The van der Waals surface area contributed by atoms with Crippen molar-refractivity contribution >= 4 is 0 Å². The smallest absolute Gasteiger partial charge is 0.208 e. The second-order valence-corrected chi connectivity index (χ2v) is 5.47. The van der Waals surface area contributed by atoms with E-state index in [-0.39, 0.29) is 6.10 Å². The van der Waals surface area contributed by atoms with Gasteiger partial charge in [0.15, 0.2) is 0 Å². The van der Waals surface area contributed by atoms with Gasteiger partial charge < -0.3 is 9.15 Å². The van der Waals surface area contributed by atoms with Crippen LogP contribution in [0.5, 0.6) is 0 Å². The van der Waals surface area contributed by atoms with Gasteiger partial charge in [0, 0.05) is 31.4 Å². The standard InChI is InChI=1S/C15H22N4O2/c1-4-19-8-13(7-16-19)14-9-18(5-6-20-14)10-15-17-11(2)12(3)21-15/h7-8,14H,4-6,9-10H2,1-3H3. The van der Waals surface area contributed by atoms with Crippen LogP contribution in [-0.2, 0) is 17.8 Å². The van der Waals surface area contributed by atoms with Crippen molar-refractivity contribution < 1.29 is 9.15 Å². The number of hydrogen-bond donors (Lipinski definition) is 0. The molecule has 0 aliphatic carbocycles. The Balaban J connectivity index is 1.65. The molecule has 3 heterocycles. The second kappa shape index (κ2) is 5.99. The van der Waals surface area contributed by atoms with Gasteiger partial charge in [0.05, 0.1) is 31.1 Å². The number of nitrogens with zero attached hydrogens (tertiary/aromatic N) is 4. The highest BCUT2D eigenvalue weighted by Gasteiger charge is 2.24. The molecule has 114 valence electrons. The lowest BCUT2D eigenvalue weighted by atomic mass is 10.1. The van der Waals surface area contributed by atoms with Gasteiger partial charge in [0.2, 0.25) is 5.89 Å². The molecule has 0 bridgehead atoms. The third kappa shape index (κ3) is 3.16. The summed E-state index contributed by atoms with van der Waals surface area (Å²) in [6, 6.07) is 0. The molecule has 1 aliphatic heterocycles. The van der Waals surface area contributed by atoms with Crippen LogP contribution in [0.3, 0.4) is 0 Å². The first-order valence-electron chi connectivity index (χ1n) is 7.45. The minimum atomic E-state index is 0.0798. The number of morpholine rings is 1. The zero-order chi connectivity index (χ0) is 14.8. The van der Waals surface area contributed by atoms with E-state index in [1.165, 1.54) is 0 Å². The van der Waals surface area contributed by atoms with Gasteiger partial charge in [-0.1, -0.05) is 0 Å². The molecule has 0 N–H and O–H groups in total. The van der Waals surface area contributed by atoms with Crippen LogP contribution in [0.25, 0.3) is 0 Å². The molecular weight excluding hydrogens is 268 g/mol. The van der Waals surface area contributed by atoms with Crippen LogP contribution in [0.4, 0.5) is 0 Å². The SMILES string of the molecule is CCn1cc(C2CN(Cc3nc(C)c(C)o3)CCO2)cn1. The highest BCUT2D eigenvalue weighted by molar-refractivity contribution is 5.10. The molecule has 0 aromatic carbocycles. The molecule has 6 nitrogen and oxygen atoms in total. The average molecular weight is 290 g/mol. The van der Waals surface area contributed by atoms with E-state index < -0.39 is 0 Å². The minimum Gasteiger partial charge on any atom is -0.444 e. The van der Waals surface area contributed by atoms with Gasteiger partial charge in [-0.2, -0.15) is 5.10 Å². The van der Waals surface area contributed by atoms with Gasteiger partial charge in [-0.25, -0.2) is 4.98 Å². The fourth-order valence-electron chi connectivity index (χ4n) is 2.56. The van der Waals surface area contributed by atoms with Gasteiger partial charge in [-0.15, -0.1) is 0 Å². The summed E-state index contributed by atoms with van der Waals surface area (Å²) in [5.41, 5.74) is 2.11. The largest absolute Gasteiger partial charge is 0.444 e. The third-order valence-corrected chi connectivity index (χ3v) is 3.93. The monoisotopic (exact) mass is 290 g/mol. The molecule has 21 heavy (non-hydrogen) atoms. The van der Waals surface area contributed by atoms with Crippen molar-refractivity contribution in [3.63, 3.8) is 0 Å². The lowest BCUT2D eigenvalue weighted by Crippen LogP contribution is -2.37. The van der Waals surface area contributed by atoms with Crippen LogP contribution in [0.1, 0.15) is 35.9 Å². The summed E-state index contributed by atoms with van der Waals surface area (Å²) in [5.74, 6) is 1.69. The first-order valence-corrected chi connectivity index (χ1v) is 7.45. The van der Waals surface area contributed by atoms with Crippen molar-refractivity contribution in [1.82, 2.24) is 19.7 Å². The van der Waals surface area contributed by atoms with Crippen LogP contribution in [0, 0.1) is 13.8 Å². The Morgan fingerprint density at radius 2 is 2.24 bits per heavy atom. The maximum atomic E-state index is 5.87. The van der Waals surface area contributed by atoms with Gasteiger partial charge in [-0.3, -0.25) is 9.58 Å². The normalized spacial score (nSPS) is 20.0. The van der Waals surface area contributed by atoms with Crippen LogP contribution >= 0.6 is 0 Å². The minimum absolute atomic E-state index is 0.0798. The Labute approximate surface area is 124 Å². The number of aromatic nitrogens is 3. The van der Waals surface area contributed by atoms with E-state index in [4.69, 9.17) is 9.15 Å². The lowest BCUT2D eigenvalue weighted by molar-refractivity contribution is -0.0352. The summed E-state index contributed by atoms with van der Waals surface area (Å²) in [4.78, 5) is 6.78. The Hall–Kier alpha value is -1.66. The summed E-state index contributed by atoms with van der Waals surface area (Å²) < 4.78 is 13.5. The van der Waals surface area contributed by atoms with E-state index in [9.17, 15) is 0 Å². The van der Waals surface area contributed by atoms with E-state index in [0.717, 1.165) is 55.7 Å². The summed E-state index contributed by atoms with van der Waals surface area (Å²) in [7, 11) is 0. The first-order chi connectivity index (χ1) is 10.2. The van der Waals surface area contributed by atoms with E-state index in [1.807, 2.05) is 24.7 Å². The quantitative estimate of drug-likeness (QED) is 0.863. The maximum Gasteiger partial charge on any atom is 0.208 e. The van der Waals surface area contributed by atoms with Crippen LogP contribution in [0.2, 0.25) is 0 Å². The van der Waals surface area contributed by atoms with Crippen molar-refractivity contribution in [1.29, 1.82) is 0 Å². The highest BCUT2D eigenvalue weighted by atomic mass is 16.5. The zero-order valence-electron chi connectivity index (χ0n) is 12.9. The first kappa shape index (κ1) is 14.3. The van der Waals surface area contributed by atoms with E-state index in [2.05, 4.69) is 28.1 Å². The predicted octanol–water partition coefficient (Wildman–Crippen LogP) is 2.08. The average Bonchev–Trinajstić information content (AvgIpc) is 3.07. The molecule has 6 heteroatoms.